The quantitative estimate of drug-likeness (QED) is 0.512. The van der Waals surface area contributed by atoms with Crippen molar-refractivity contribution < 1.29 is 0 Å². The highest BCUT2D eigenvalue weighted by molar-refractivity contribution is 6.29. The second-order valence-electron chi connectivity index (χ2n) is 4.83. The van der Waals surface area contributed by atoms with Gasteiger partial charge in [0.2, 0.25) is 0 Å². The second-order valence-corrected chi connectivity index (χ2v) is 5.22. The molecule has 100 valence electrons. The van der Waals surface area contributed by atoms with Crippen molar-refractivity contribution in [1.29, 1.82) is 0 Å². The Balaban J connectivity index is 2.23. The molecule has 0 radical (unpaired) electrons. The summed E-state index contributed by atoms with van der Waals surface area (Å²) in [5.74, 6) is 5.67. The molecule has 3 nitrogen and oxygen atoms in total. The zero-order chi connectivity index (χ0) is 13.8. The first kappa shape index (κ1) is 14.0. The van der Waals surface area contributed by atoms with Gasteiger partial charge in [0.15, 0.2) is 0 Å². The molecular formula is C15H18ClN3. The number of nitrogens with one attached hydrogen (secondary N) is 1. The molecule has 0 spiro atoms. The molecule has 0 bridgehead atoms. The van der Waals surface area contributed by atoms with Crippen LogP contribution in [-0.2, 0) is 6.42 Å². The van der Waals surface area contributed by atoms with Gasteiger partial charge in [0.25, 0.3) is 0 Å². The fourth-order valence-electron chi connectivity index (χ4n) is 2.33. The van der Waals surface area contributed by atoms with Crippen LogP contribution in [0.1, 0.15) is 28.3 Å². The van der Waals surface area contributed by atoms with Crippen molar-refractivity contribution in [1.82, 2.24) is 10.4 Å². The Morgan fingerprint density at radius 1 is 1.21 bits per heavy atom. The number of benzene rings is 1. The molecule has 2 rings (SSSR count). The Labute approximate surface area is 118 Å². The lowest BCUT2D eigenvalue weighted by molar-refractivity contribution is 0.551. The highest BCUT2D eigenvalue weighted by Gasteiger charge is 2.11. The van der Waals surface area contributed by atoms with Crippen LogP contribution in [0.4, 0.5) is 0 Å². The van der Waals surface area contributed by atoms with Gasteiger partial charge in [0, 0.05) is 6.20 Å². The van der Waals surface area contributed by atoms with E-state index in [1.165, 1.54) is 16.7 Å². The summed E-state index contributed by atoms with van der Waals surface area (Å²) in [6.45, 7) is 4.20. The van der Waals surface area contributed by atoms with Gasteiger partial charge in [-0.1, -0.05) is 40.9 Å². The minimum Gasteiger partial charge on any atom is -0.271 e. The van der Waals surface area contributed by atoms with E-state index in [-0.39, 0.29) is 6.04 Å². The van der Waals surface area contributed by atoms with Gasteiger partial charge >= 0.3 is 0 Å². The Hall–Kier alpha value is -1.42. The van der Waals surface area contributed by atoms with Crippen molar-refractivity contribution in [2.45, 2.75) is 26.3 Å². The first-order valence-corrected chi connectivity index (χ1v) is 6.61. The first-order chi connectivity index (χ1) is 9.08. The molecule has 1 aromatic carbocycles. The van der Waals surface area contributed by atoms with Crippen LogP contribution in [0, 0.1) is 13.8 Å². The van der Waals surface area contributed by atoms with E-state index >= 15 is 0 Å². The summed E-state index contributed by atoms with van der Waals surface area (Å²) in [4.78, 5) is 3.99. The van der Waals surface area contributed by atoms with E-state index in [0.717, 1.165) is 12.0 Å². The molecule has 1 unspecified atom stereocenters. The average molecular weight is 276 g/mol. The van der Waals surface area contributed by atoms with Crippen LogP contribution in [0.15, 0.2) is 36.5 Å². The maximum Gasteiger partial charge on any atom is 0.129 e. The molecule has 0 aliphatic carbocycles. The maximum atomic E-state index is 5.92. The smallest absolute Gasteiger partial charge is 0.129 e. The summed E-state index contributed by atoms with van der Waals surface area (Å²) >= 11 is 5.92. The SMILES string of the molecule is Cc1cc(C)cc(CC(NN)c2ccnc(Cl)c2)c1. The van der Waals surface area contributed by atoms with Gasteiger partial charge in [0.05, 0.1) is 6.04 Å². The highest BCUT2D eigenvalue weighted by atomic mass is 35.5. The Morgan fingerprint density at radius 3 is 2.47 bits per heavy atom. The van der Waals surface area contributed by atoms with Crippen LogP contribution < -0.4 is 11.3 Å². The molecule has 4 heteroatoms. The van der Waals surface area contributed by atoms with E-state index in [2.05, 4.69) is 42.5 Å². The summed E-state index contributed by atoms with van der Waals surface area (Å²) in [5.41, 5.74) is 7.67. The zero-order valence-electron chi connectivity index (χ0n) is 11.2. The number of aryl methyl sites for hydroxylation is 2. The molecule has 2 aromatic rings. The van der Waals surface area contributed by atoms with Crippen molar-refractivity contribution in [3.05, 3.63) is 63.9 Å². The largest absolute Gasteiger partial charge is 0.271 e. The van der Waals surface area contributed by atoms with Gasteiger partial charge in [-0.2, -0.15) is 0 Å². The number of hydrazine groups is 1. The molecule has 0 saturated carbocycles. The third kappa shape index (κ3) is 3.77. The van der Waals surface area contributed by atoms with E-state index in [1.54, 1.807) is 6.20 Å². The van der Waals surface area contributed by atoms with Crippen molar-refractivity contribution in [2.24, 2.45) is 5.84 Å². The van der Waals surface area contributed by atoms with Crippen molar-refractivity contribution >= 4 is 11.6 Å². The summed E-state index contributed by atoms with van der Waals surface area (Å²) < 4.78 is 0. The molecular weight excluding hydrogens is 258 g/mol. The predicted molar refractivity (Wildman–Crippen MR) is 78.9 cm³/mol. The molecule has 0 amide bonds. The number of hydrogen-bond donors (Lipinski definition) is 2. The molecule has 19 heavy (non-hydrogen) atoms. The number of nitrogens with two attached hydrogens (primary N) is 1. The van der Waals surface area contributed by atoms with Gasteiger partial charge in [-0.25, -0.2) is 4.98 Å². The number of rotatable bonds is 4. The fraction of sp³-hybridized carbons (Fsp3) is 0.267. The summed E-state index contributed by atoms with van der Waals surface area (Å²) in [6.07, 6.45) is 2.52. The molecule has 0 fully saturated rings. The van der Waals surface area contributed by atoms with Gasteiger partial charge in [-0.3, -0.25) is 11.3 Å². The normalized spacial score (nSPS) is 12.4. The van der Waals surface area contributed by atoms with Gasteiger partial charge in [0.1, 0.15) is 5.15 Å². The number of aromatic nitrogens is 1. The zero-order valence-corrected chi connectivity index (χ0v) is 11.9. The Morgan fingerprint density at radius 2 is 1.89 bits per heavy atom. The Bertz CT molecular complexity index is 549. The molecule has 0 aliphatic heterocycles. The number of nitrogens with zero attached hydrogens (tertiary/aromatic N) is 1. The van der Waals surface area contributed by atoms with Crippen molar-refractivity contribution in [2.75, 3.05) is 0 Å². The van der Waals surface area contributed by atoms with E-state index in [4.69, 9.17) is 17.4 Å². The van der Waals surface area contributed by atoms with Crippen LogP contribution in [0.3, 0.4) is 0 Å². The first-order valence-electron chi connectivity index (χ1n) is 6.23. The minimum atomic E-state index is 0.0294. The monoisotopic (exact) mass is 275 g/mol. The molecule has 1 aromatic heterocycles. The van der Waals surface area contributed by atoms with Crippen LogP contribution in [0.25, 0.3) is 0 Å². The number of halogens is 1. The molecule has 0 saturated heterocycles. The highest BCUT2D eigenvalue weighted by Crippen LogP contribution is 2.21. The van der Waals surface area contributed by atoms with Gasteiger partial charge in [-0.15, -0.1) is 0 Å². The number of pyridine rings is 1. The number of hydrogen-bond acceptors (Lipinski definition) is 3. The van der Waals surface area contributed by atoms with E-state index < -0.39 is 0 Å². The average Bonchev–Trinajstić information content (AvgIpc) is 2.34. The third-order valence-electron chi connectivity index (χ3n) is 3.08. The van der Waals surface area contributed by atoms with Crippen molar-refractivity contribution in [3.63, 3.8) is 0 Å². The van der Waals surface area contributed by atoms with E-state index in [1.807, 2.05) is 12.1 Å². The molecule has 1 atom stereocenters. The van der Waals surface area contributed by atoms with Crippen LogP contribution in [0.2, 0.25) is 5.15 Å². The molecule has 0 aliphatic rings. The van der Waals surface area contributed by atoms with Gasteiger partial charge < -0.3 is 0 Å². The lowest BCUT2D eigenvalue weighted by atomic mass is 9.97. The Kier molecular flexibility index (Phi) is 4.53. The van der Waals surface area contributed by atoms with Crippen LogP contribution in [-0.4, -0.2) is 4.98 Å². The predicted octanol–water partition coefficient (Wildman–Crippen LogP) is 3.10. The molecule has 1 heterocycles. The third-order valence-corrected chi connectivity index (χ3v) is 3.28. The van der Waals surface area contributed by atoms with Crippen molar-refractivity contribution in [3.8, 4) is 0 Å². The lowest BCUT2D eigenvalue weighted by Crippen LogP contribution is -2.29. The van der Waals surface area contributed by atoms with Gasteiger partial charge in [-0.05, 0) is 43.5 Å². The second kappa shape index (κ2) is 6.15. The lowest BCUT2D eigenvalue weighted by Gasteiger charge is -2.17. The summed E-state index contributed by atoms with van der Waals surface area (Å²) in [5, 5.41) is 0.484. The maximum absolute atomic E-state index is 5.92. The van der Waals surface area contributed by atoms with E-state index in [9.17, 15) is 0 Å². The molecule has 3 N–H and O–H groups in total. The standard InChI is InChI=1S/C15H18ClN3/c1-10-5-11(2)7-12(6-10)8-14(19-17)13-3-4-18-15(16)9-13/h3-7,9,14,19H,8,17H2,1-2H3. The van der Waals surface area contributed by atoms with E-state index in [0.29, 0.717) is 5.15 Å². The summed E-state index contributed by atoms with van der Waals surface area (Å²) in [7, 11) is 0. The van der Waals surface area contributed by atoms with Crippen LogP contribution in [0.5, 0.6) is 0 Å². The summed E-state index contributed by atoms with van der Waals surface area (Å²) in [6, 6.07) is 10.3. The van der Waals surface area contributed by atoms with Crippen LogP contribution >= 0.6 is 11.6 Å². The topological polar surface area (TPSA) is 50.9 Å². The minimum absolute atomic E-state index is 0.0294. The fourth-order valence-corrected chi connectivity index (χ4v) is 2.51.